The number of aromatic nitrogens is 1. The van der Waals surface area contributed by atoms with Crippen molar-refractivity contribution >= 4 is 11.8 Å². The molecule has 0 saturated carbocycles. The minimum atomic E-state index is -0.915. The number of carboxylic acid groups (broad SMARTS) is 1. The molecule has 0 saturated heterocycles. The lowest BCUT2D eigenvalue weighted by Gasteiger charge is -2.20. The highest BCUT2D eigenvalue weighted by molar-refractivity contribution is 5.88. The molecule has 1 aromatic rings. The summed E-state index contributed by atoms with van der Waals surface area (Å²) in [6.07, 6.45) is 7.42. The van der Waals surface area contributed by atoms with E-state index in [4.69, 9.17) is 5.11 Å². The molecule has 1 aliphatic rings. The second kappa shape index (κ2) is 4.99. The number of carbonyl (C=O) groups is 1. The lowest BCUT2D eigenvalue weighted by atomic mass is 10.0. The van der Waals surface area contributed by atoms with Crippen LogP contribution in [-0.4, -0.2) is 22.1 Å². The van der Waals surface area contributed by atoms with Gasteiger partial charge in [0.05, 0.1) is 5.56 Å². The molecule has 2 N–H and O–H groups in total. The molecule has 4 heteroatoms. The highest BCUT2D eigenvalue weighted by Gasteiger charge is 2.12. The summed E-state index contributed by atoms with van der Waals surface area (Å²) in [4.78, 5) is 15.2. The summed E-state index contributed by atoms with van der Waals surface area (Å²) >= 11 is 0. The summed E-state index contributed by atoms with van der Waals surface area (Å²) in [5.74, 6) is -0.259. The van der Waals surface area contributed by atoms with Crippen LogP contribution in [0.5, 0.6) is 0 Å². The fourth-order valence-corrected chi connectivity index (χ4v) is 2.00. The monoisotopic (exact) mass is 232 g/mol. The smallest absolute Gasteiger partial charge is 0.335 e. The first kappa shape index (κ1) is 11.6. The maximum atomic E-state index is 10.9. The average molecular weight is 232 g/mol. The molecule has 0 fully saturated rings. The van der Waals surface area contributed by atoms with Crippen molar-refractivity contribution in [3.63, 3.8) is 0 Å². The van der Waals surface area contributed by atoms with Crippen LogP contribution < -0.4 is 5.32 Å². The molecule has 0 radical (unpaired) electrons. The van der Waals surface area contributed by atoms with Crippen LogP contribution in [0.1, 0.15) is 35.3 Å². The molecule has 17 heavy (non-hydrogen) atoms. The molecule has 0 aliphatic heterocycles. The number of anilines is 1. The number of nitrogens with one attached hydrogen (secondary N) is 1. The largest absolute Gasteiger partial charge is 0.478 e. The summed E-state index contributed by atoms with van der Waals surface area (Å²) in [5, 5.41) is 12.3. The van der Waals surface area contributed by atoms with Crippen LogP contribution in [0.3, 0.4) is 0 Å². The van der Waals surface area contributed by atoms with Gasteiger partial charge in [0.2, 0.25) is 0 Å². The third-order valence-electron chi connectivity index (χ3n) is 2.82. The minimum Gasteiger partial charge on any atom is -0.478 e. The van der Waals surface area contributed by atoms with Crippen LogP contribution in [0, 0.1) is 6.92 Å². The number of hydrogen-bond donors (Lipinski definition) is 2. The minimum absolute atomic E-state index is 0.284. The Labute approximate surface area is 100 Å². The van der Waals surface area contributed by atoms with Crippen molar-refractivity contribution in [1.29, 1.82) is 0 Å². The zero-order valence-electron chi connectivity index (χ0n) is 9.81. The number of pyridine rings is 1. The second-order valence-electron chi connectivity index (χ2n) is 4.31. The van der Waals surface area contributed by atoms with E-state index in [0.717, 1.165) is 25.0 Å². The number of nitrogens with zero attached hydrogens (tertiary/aromatic N) is 1. The Kier molecular flexibility index (Phi) is 3.42. The first-order valence-corrected chi connectivity index (χ1v) is 5.78. The Morgan fingerprint density at radius 2 is 2.29 bits per heavy atom. The van der Waals surface area contributed by atoms with Crippen molar-refractivity contribution in [2.45, 2.75) is 32.2 Å². The molecule has 0 amide bonds. The van der Waals surface area contributed by atoms with E-state index < -0.39 is 5.97 Å². The van der Waals surface area contributed by atoms with Crippen molar-refractivity contribution < 1.29 is 9.90 Å². The predicted octanol–water partition coefficient (Wildman–Crippen LogP) is 2.61. The van der Waals surface area contributed by atoms with Gasteiger partial charge in [0, 0.05) is 11.7 Å². The van der Waals surface area contributed by atoms with Crippen molar-refractivity contribution in [2.75, 3.05) is 5.32 Å². The van der Waals surface area contributed by atoms with E-state index in [9.17, 15) is 4.79 Å². The lowest BCUT2D eigenvalue weighted by Crippen LogP contribution is -2.21. The SMILES string of the molecule is Cc1cc(C(=O)O)cc(NC2CC=CCC2)n1. The maximum absolute atomic E-state index is 10.9. The van der Waals surface area contributed by atoms with E-state index in [2.05, 4.69) is 22.5 Å². The van der Waals surface area contributed by atoms with Crippen LogP contribution in [0.4, 0.5) is 5.82 Å². The Morgan fingerprint density at radius 3 is 2.94 bits per heavy atom. The molecular formula is C13H16N2O2. The van der Waals surface area contributed by atoms with Gasteiger partial charge in [0.25, 0.3) is 0 Å². The normalized spacial score (nSPS) is 19.0. The molecule has 1 aromatic heterocycles. The zero-order valence-corrected chi connectivity index (χ0v) is 9.81. The molecule has 1 atom stereocenters. The van der Waals surface area contributed by atoms with Crippen molar-refractivity contribution in [3.05, 3.63) is 35.5 Å². The van der Waals surface area contributed by atoms with Gasteiger partial charge in [-0.2, -0.15) is 0 Å². The van der Waals surface area contributed by atoms with E-state index in [0.29, 0.717) is 11.9 Å². The number of rotatable bonds is 3. The molecule has 1 heterocycles. The number of aromatic carboxylic acids is 1. The Hall–Kier alpha value is -1.84. The fourth-order valence-electron chi connectivity index (χ4n) is 2.00. The Morgan fingerprint density at radius 1 is 1.47 bits per heavy atom. The Balaban J connectivity index is 2.14. The van der Waals surface area contributed by atoms with Gasteiger partial charge < -0.3 is 10.4 Å². The molecule has 0 spiro atoms. The highest BCUT2D eigenvalue weighted by Crippen LogP contribution is 2.17. The second-order valence-corrected chi connectivity index (χ2v) is 4.31. The summed E-state index contributed by atoms with van der Waals surface area (Å²) < 4.78 is 0. The van der Waals surface area contributed by atoms with Crippen LogP contribution in [0.25, 0.3) is 0 Å². The van der Waals surface area contributed by atoms with Crippen LogP contribution in [-0.2, 0) is 0 Å². The molecule has 90 valence electrons. The zero-order chi connectivity index (χ0) is 12.3. The van der Waals surface area contributed by atoms with Gasteiger partial charge in [-0.05, 0) is 38.3 Å². The molecule has 4 nitrogen and oxygen atoms in total. The van der Waals surface area contributed by atoms with E-state index in [-0.39, 0.29) is 5.56 Å². The Bertz CT molecular complexity index is 455. The quantitative estimate of drug-likeness (QED) is 0.786. The molecule has 1 unspecified atom stereocenters. The lowest BCUT2D eigenvalue weighted by molar-refractivity contribution is 0.0696. The van der Waals surface area contributed by atoms with Crippen molar-refractivity contribution in [1.82, 2.24) is 4.98 Å². The van der Waals surface area contributed by atoms with Gasteiger partial charge in [-0.25, -0.2) is 9.78 Å². The summed E-state index contributed by atoms with van der Waals surface area (Å²) in [6.45, 7) is 1.80. The number of allylic oxidation sites excluding steroid dienone is 1. The molecule has 2 rings (SSSR count). The van der Waals surface area contributed by atoms with E-state index >= 15 is 0 Å². The summed E-state index contributed by atoms with van der Waals surface area (Å²) in [7, 11) is 0. The van der Waals surface area contributed by atoms with Crippen molar-refractivity contribution in [2.24, 2.45) is 0 Å². The molecular weight excluding hydrogens is 216 g/mol. The van der Waals surface area contributed by atoms with E-state index in [1.165, 1.54) is 0 Å². The van der Waals surface area contributed by atoms with Gasteiger partial charge in [0.1, 0.15) is 5.82 Å². The van der Waals surface area contributed by atoms with Crippen LogP contribution in [0.15, 0.2) is 24.3 Å². The molecule has 0 bridgehead atoms. The van der Waals surface area contributed by atoms with Gasteiger partial charge in [0.15, 0.2) is 0 Å². The van der Waals surface area contributed by atoms with Gasteiger partial charge >= 0.3 is 5.97 Å². The van der Waals surface area contributed by atoms with Gasteiger partial charge in [-0.3, -0.25) is 0 Å². The molecule has 1 aliphatic carbocycles. The number of hydrogen-bond acceptors (Lipinski definition) is 3. The first-order chi connectivity index (χ1) is 8.15. The predicted molar refractivity (Wildman–Crippen MR) is 66.3 cm³/mol. The standard InChI is InChI=1S/C13H16N2O2/c1-9-7-10(13(16)17)8-12(14-9)15-11-5-3-2-4-6-11/h2-3,7-8,11H,4-6H2,1H3,(H,14,15)(H,16,17). The van der Waals surface area contributed by atoms with Crippen LogP contribution in [0.2, 0.25) is 0 Å². The highest BCUT2D eigenvalue weighted by atomic mass is 16.4. The third kappa shape index (κ3) is 3.06. The van der Waals surface area contributed by atoms with E-state index in [1.807, 2.05) is 0 Å². The molecule has 0 aromatic carbocycles. The summed E-state index contributed by atoms with van der Waals surface area (Å²) in [6, 6.07) is 3.53. The number of carboxylic acids is 1. The van der Waals surface area contributed by atoms with E-state index in [1.54, 1.807) is 19.1 Å². The topological polar surface area (TPSA) is 62.2 Å². The average Bonchev–Trinajstić information content (AvgIpc) is 2.29. The van der Waals surface area contributed by atoms with Crippen LogP contribution >= 0.6 is 0 Å². The van der Waals surface area contributed by atoms with Crippen molar-refractivity contribution in [3.8, 4) is 0 Å². The third-order valence-corrected chi connectivity index (χ3v) is 2.82. The maximum Gasteiger partial charge on any atom is 0.335 e. The van der Waals surface area contributed by atoms with Gasteiger partial charge in [-0.15, -0.1) is 0 Å². The first-order valence-electron chi connectivity index (χ1n) is 5.78. The fraction of sp³-hybridized carbons (Fsp3) is 0.385. The number of aryl methyl sites for hydroxylation is 1. The van der Waals surface area contributed by atoms with Gasteiger partial charge in [-0.1, -0.05) is 12.2 Å². The summed E-state index contributed by atoms with van der Waals surface area (Å²) in [5.41, 5.74) is 1.00.